The lowest BCUT2D eigenvalue weighted by Gasteiger charge is -2.12. The standard InChI is InChI=1S/C17H18N2S/c1-12-8-9-15-16(10-12)20-17(19-15)18-13(2)11-14-6-4-3-5-7-14/h3-10,13H,11H2,1-2H3,(H,18,19). The van der Waals surface area contributed by atoms with Crippen LogP contribution < -0.4 is 5.32 Å². The molecule has 1 aromatic heterocycles. The lowest BCUT2D eigenvalue weighted by atomic mass is 10.1. The zero-order valence-corrected chi connectivity index (χ0v) is 12.6. The molecular weight excluding hydrogens is 264 g/mol. The number of fused-ring (bicyclic) bond motifs is 1. The van der Waals surface area contributed by atoms with Crippen molar-refractivity contribution in [3.8, 4) is 0 Å². The third-order valence-electron chi connectivity index (χ3n) is 3.30. The van der Waals surface area contributed by atoms with Gasteiger partial charge in [0.25, 0.3) is 0 Å². The van der Waals surface area contributed by atoms with Crippen molar-refractivity contribution in [2.24, 2.45) is 0 Å². The van der Waals surface area contributed by atoms with Crippen LogP contribution in [0.5, 0.6) is 0 Å². The third-order valence-corrected chi connectivity index (χ3v) is 4.25. The first-order valence-corrected chi connectivity index (χ1v) is 7.70. The van der Waals surface area contributed by atoms with E-state index in [1.54, 1.807) is 11.3 Å². The quantitative estimate of drug-likeness (QED) is 0.753. The molecule has 1 unspecified atom stereocenters. The molecule has 0 amide bonds. The summed E-state index contributed by atoms with van der Waals surface area (Å²) in [6.07, 6.45) is 1.01. The van der Waals surface area contributed by atoms with E-state index in [1.807, 2.05) is 0 Å². The average Bonchev–Trinajstić information content (AvgIpc) is 2.80. The van der Waals surface area contributed by atoms with Crippen LogP contribution in [0.2, 0.25) is 0 Å². The SMILES string of the molecule is Cc1ccc2nc(NC(C)Cc3ccccc3)sc2c1. The fraction of sp³-hybridized carbons (Fsp3) is 0.235. The van der Waals surface area contributed by atoms with Gasteiger partial charge in [-0.2, -0.15) is 0 Å². The Morgan fingerprint density at radius 3 is 2.75 bits per heavy atom. The van der Waals surface area contributed by atoms with Crippen molar-refractivity contribution in [3.63, 3.8) is 0 Å². The number of hydrogen-bond acceptors (Lipinski definition) is 3. The first kappa shape index (κ1) is 13.1. The average molecular weight is 282 g/mol. The number of nitrogens with one attached hydrogen (secondary N) is 1. The number of aryl methyl sites for hydroxylation is 1. The van der Waals surface area contributed by atoms with Crippen LogP contribution in [0.1, 0.15) is 18.1 Å². The first-order valence-electron chi connectivity index (χ1n) is 6.88. The second-order valence-corrected chi connectivity index (χ2v) is 6.26. The highest BCUT2D eigenvalue weighted by molar-refractivity contribution is 7.22. The number of hydrogen-bond donors (Lipinski definition) is 1. The van der Waals surface area contributed by atoms with Gasteiger partial charge >= 0.3 is 0 Å². The van der Waals surface area contributed by atoms with E-state index < -0.39 is 0 Å². The maximum Gasteiger partial charge on any atom is 0.184 e. The maximum absolute atomic E-state index is 4.64. The van der Waals surface area contributed by atoms with Crippen LogP contribution in [-0.2, 0) is 6.42 Å². The van der Waals surface area contributed by atoms with Crippen LogP contribution in [0.25, 0.3) is 10.2 Å². The Hall–Kier alpha value is -1.87. The number of thiazole rings is 1. The number of anilines is 1. The van der Waals surface area contributed by atoms with Gasteiger partial charge in [-0.3, -0.25) is 0 Å². The molecule has 0 aliphatic heterocycles. The van der Waals surface area contributed by atoms with Crippen LogP contribution in [0, 0.1) is 6.92 Å². The van der Waals surface area contributed by atoms with Crippen molar-refractivity contribution in [2.45, 2.75) is 26.3 Å². The van der Waals surface area contributed by atoms with Gasteiger partial charge in [-0.25, -0.2) is 4.98 Å². The van der Waals surface area contributed by atoms with Gasteiger partial charge in [-0.05, 0) is 43.5 Å². The van der Waals surface area contributed by atoms with Crippen LogP contribution in [0.4, 0.5) is 5.13 Å². The van der Waals surface area contributed by atoms with Gasteiger partial charge in [0.1, 0.15) is 0 Å². The van der Waals surface area contributed by atoms with Crippen LogP contribution in [-0.4, -0.2) is 11.0 Å². The Morgan fingerprint density at radius 1 is 1.15 bits per heavy atom. The molecule has 3 rings (SSSR count). The molecule has 0 fully saturated rings. The molecule has 2 nitrogen and oxygen atoms in total. The van der Waals surface area contributed by atoms with Crippen molar-refractivity contribution in [2.75, 3.05) is 5.32 Å². The molecular formula is C17H18N2S. The second-order valence-electron chi connectivity index (χ2n) is 5.23. The molecule has 102 valence electrons. The molecule has 0 radical (unpaired) electrons. The molecule has 1 heterocycles. The molecule has 1 N–H and O–H groups in total. The molecule has 0 bridgehead atoms. The largest absolute Gasteiger partial charge is 0.359 e. The molecule has 3 heteroatoms. The minimum Gasteiger partial charge on any atom is -0.359 e. The van der Waals surface area contributed by atoms with Crippen LogP contribution in [0.3, 0.4) is 0 Å². The van der Waals surface area contributed by atoms with Gasteiger partial charge in [0, 0.05) is 6.04 Å². The Morgan fingerprint density at radius 2 is 1.95 bits per heavy atom. The van der Waals surface area contributed by atoms with Gasteiger partial charge < -0.3 is 5.32 Å². The zero-order valence-electron chi connectivity index (χ0n) is 11.8. The predicted molar refractivity (Wildman–Crippen MR) is 87.6 cm³/mol. The highest BCUT2D eigenvalue weighted by Gasteiger charge is 2.08. The Kier molecular flexibility index (Phi) is 3.70. The summed E-state index contributed by atoms with van der Waals surface area (Å²) in [4.78, 5) is 4.64. The Labute approximate surface area is 123 Å². The van der Waals surface area contributed by atoms with E-state index in [0.717, 1.165) is 17.1 Å². The fourth-order valence-electron chi connectivity index (χ4n) is 2.32. The summed E-state index contributed by atoms with van der Waals surface area (Å²) < 4.78 is 1.25. The monoisotopic (exact) mass is 282 g/mol. The summed E-state index contributed by atoms with van der Waals surface area (Å²) in [5.41, 5.74) is 3.71. The highest BCUT2D eigenvalue weighted by Crippen LogP contribution is 2.27. The first-order chi connectivity index (χ1) is 9.70. The number of benzene rings is 2. The number of aromatic nitrogens is 1. The van der Waals surface area contributed by atoms with E-state index in [2.05, 4.69) is 72.7 Å². The Balaban J connectivity index is 1.72. The molecule has 0 aliphatic rings. The summed E-state index contributed by atoms with van der Waals surface area (Å²) in [6, 6.07) is 17.3. The molecule has 2 aromatic carbocycles. The zero-order chi connectivity index (χ0) is 13.9. The normalized spacial score (nSPS) is 12.5. The second kappa shape index (κ2) is 5.63. The van der Waals surface area contributed by atoms with Crippen LogP contribution >= 0.6 is 11.3 Å². The molecule has 3 aromatic rings. The molecule has 20 heavy (non-hydrogen) atoms. The molecule has 0 saturated heterocycles. The smallest absolute Gasteiger partial charge is 0.184 e. The lowest BCUT2D eigenvalue weighted by Crippen LogP contribution is -2.17. The summed E-state index contributed by atoms with van der Waals surface area (Å²) in [7, 11) is 0. The topological polar surface area (TPSA) is 24.9 Å². The van der Waals surface area contributed by atoms with Crippen molar-refractivity contribution in [1.82, 2.24) is 4.98 Å². The summed E-state index contributed by atoms with van der Waals surface area (Å²) >= 11 is 1.73. The molecule has 0 saturated carbocycles. The Bertz CT molecular complexity index is 703. The van der Waals surface area contributed by atoms with Gasteiger partial charge in [0.15, 0.2) is 5.13 Å². The van der Waals surface area contributed by atoms with E-state index in [9.17, 15) is 0 Å². The number of nitrogens with zero attached hydrogens (tertiary/aromatic N) is 1. The molecule has 1 atom stereocenters. The summed E-state index contributed by atoms with van der Waals surface area (Å²) in [5, 5.41) is 4.52. The molecule has 0 aliphatic carbocycles. The van der Waals surface area contributed by atoms with Gasteiger partial charge in [0.05, 0.1) is 10.2 Å². The van der Waals surface area contributed by atoms with Crippen molar-refractivity contribution in [1.29, 1.82) is 0 Å². The van der Waals surface area contributed by atoms with E-state index in [-0.39, 0.29) is 0 Å². The summed E-state index contributed by atoms with van der Waals surface area (Å²) in [5.74, 6) is 0. The maximum atomic E-state index is 4.64. The van der Waals surface area contributed by atoms with Crippen molar-refractivity contribution >= 4 is 26.7 Å². The lowest BCUT2D eigenvalue weighted by molar-refractivity contribution is 0.789. The van der Waals surface area contributed by atoms with Gasteiger partial charge in [-0.1, -0.05) is 47.7 Å². The minimum absolute atomic E-state index is 0.374. The van der Waals surface area contributed by atoms with E-state index in [4.69, 9.17) is 0 Å². The van der Waals surface area contributed by atoms with Crippen LogP contribution in [0.15, 0.2) is 48.5 Å². The van der Waals surface area contributed by atoms with Gasteiger partial charge in [0.2, 0.25) is 0 Å². The van der Waals surface area contributed by atoms with E-state index in [1.165, 1.54) is 15.8 Å². The minimum atomic E-state index is 0.374. The van der Waals surface area contributed by atoms with Crippen molar-refractivity contribution < 1.29 is 0 Å². The fourth-order valence-corrected chi connectivity index (χ4v) is 3.40. The summed E-state index contributed by atoms with van der Waals surface area (Å²) in [6.45, 7) is 4.31. The van der Waals surface area contributed by atoms with E-state index >= 15 is 0 Å². The number of rotatable bonds is 4. The third kappa shape index (κ3) is 2.99. The van der Waals surface area contributed by atoms with Gasteiger partial charge in [-0.15, -0.1) is 0 Å². The van der Waals surface area contributed by atoms with E-state index in [0.29, 0.717) is 6.04 Å². The predicted octanol–water partition coefficient (Wildman–Crippen LogP) is 4.65. The highest BCUT2D eigenvalue weighted by atomic mass is 32.1. The molecule has 0 spiro atoms. The van der Waals surface area contributed by atoms with Crippen molar-refractivity contribution in [3.05, 3.63) is 59.7 Å².